The van der Waals surface area contributed by atoms with E-state index in [0.717, 1.165) is 22.3 Å². The second kappa shape index (κ2) is 6.46. The summed E-state index contributed by atoms with van der Waals surface area (Å²) >= 11 is -4.31. The predicted octanol–water partition coefficient (Wildman–Crippen LogP) is 5.70. The number of para-hydroxylation sites is 2. The minimum absolute atomic E-state index is 0.677. The predicted molar refractivity (Wildman–Crippen MR) is 112 cm³/mol. The minimum atomic E-state index is -4.31. The SMILES string of the molecule is c1ccc(-c2cccc3c2[O][Sn]2([O]3)[O]c3cccc(-c4ccccc4)c3[O]2)cc1. The summed E-state index contributed by atoms with van der Waals surface area (Å²) in [5.74, 6) is 2.75. The molecule has 0 atom stereocenters. The molecule has 4 nitrogen and oxygen atoms in total. The van der Waals surface area contributed by atoms with Gasteiger partial charge < -0.3 is 0 Å². The van der Waals surface area contributed by atoms with E-state index in [0.29, 0.717) is 23.0 Å². The third-order valence-corrected chi connectivity index (χ3v) is 10.3. The Morgan fingerprint density at radius 2 is 0.862 bits per heavy atom. The van der Waals surface area contributed by atoms with E-state index in [-0.39, 0.29) is 0 Å². The fraction of sp³-hybridized carbons (Fsp3) is 0. The fourth-order valence-electron chi connectivity index (χ4n) is 3.74. The van der Waals surface area contributed by atoms with E-state index in [1.54, 1.807) is 0 Å². The van der Waals surface area contributed by atoms with Gasteiger partial charge in [0.2, 0.25) is 0 Å². The molecule has 4 aromatic carbocycles. The van der Waals surface area contributed by atoms with Crippen molar-refractivity contribution < 1.29 is 12.3 Å². The Morgan fingerprint density at radius 1 is 0.414 bits per heavy atom. The van der Waals surface area contributed by atoms with Crippen LogP contribution in [0.5, 0.6) is 23.0 Å². The molecule has 0 amide bonds. The van der Waals surface area contributed by atoms with Gasteiger partial charge >= 0.3 is 175 Å². The molecule has 0 bridgehead atoms. The van der Waals surface area contributed by atoms with Crippen LogP contribution < -0.4 is 12.3 Å². The van der Waals surface area contributed by atoms with Crippen molar-refractivity contribution in [2.75, 3.05) is 0 Å². The molecule has 0 saturated heterocycles. The molecule has 2 aliphatic rings. The molecule has 0 aliphatic carbocycles. The number of fused-ring (bicyclic) bond motifs is 2. The van der Waals surface area contributed by atoms with Crippen molar-refractivity contribution in [3.05, 3.63) is 97.1 Å². The van der Waals surface area contributed by atoms with Crippen LogP contribution in [-0.2, 0) is 0 Å². The summed E-state index contributed by atoms with van der Waals surface area (Å²) in [7, 11) is 0. The summed E-state index contributed by atoms with van der Waals surface area (Å²) in [6.07, 6.45) is 0. The Hall–Kier alpha value is -3.12. The van der Waals surface area contributed by atoms with Crippen molar-refractivity contribution in [2.45, 2.75) is 0 Å². The number of rotatable bonds is 2. The van der Waals surface area contributed by atoms with Crippen molar-refractivity contribution in [3.63, 3.8) is 0 Å². The zero-order chi connectivity index (χ0) is 19.3. The maximum atomic E-state index is 6.36. The zero-order valence-electron chi connectivity index (χ0n) is 15.4. The fourth-order valence-corrected chi connectivity index (χ4v) is 9.53. The van der Waals surface area contributed by atoms with E-state index < -0.39 is 20.0 Å². The third kappa shape index (κ3) is 2.74. The van der Waals surface area contributed by atoms with E-state index in [1.165, 1.54) is 0 Å². The zero-order valence-corrected chi connectivity index (χ0v) is 18.2. The van der Waals surface area contributed by atoms with Gasteiger partial charge in [0.1, 0.15) is 0 Å². The molecule has 0 saturated carbocycles. The average Bonchev–Trinajstić information content (AvgIpc) is 3.32. The van der Waals surface area contributed by atoms with Crippen molar-refractivity contribution >= 4 is 20.0 Å². The van der Waals surface area contributed by atoms with Crippen molar-refractivity contribution in [1.82, 2.24) is 0 Å². The van der Waals surface area contributed by atoms with Gasteiger partial charge in [0.05, 0.1) is 0 Å². The van der Waals surface area contributed by atoms with Crippen LogP contribution >= 0.6 is 0 Å². The van der Waals surface area contributed by atoms with Gasteiger partial charge in [-0.2, -0.15) is 0 Å². The molecule has 0 aromatic heterocycles. The Morgan fingerprint density at radius 3 is 1.31 bits per heavy atom. The first-order valence-electron chi connectivity index (χ1n) is 9.44. The first kappa shape index (κ1) is 16.8. The molecule has 0 radical (unpaired) electrons. The number of benzene rings is 4. The molecule has 5 heteroatoms. The van der Waals surface area contributed by atoms with Crippen LogP contribution in [0.25, 0.3) is 22.3 Å². The molecule has 0 unspecified atom stereocenters. The van der Waals surface area contributed by atoms with Gasteiger partial charge in [0.15, 0.2) is 0 Å². The second-order valence-corrected chi connectivity index (χ2v) is 12.1. The third-order valence-electron chi connectivity index (χ3n) is 5.05. The molecule has 4 aromatic rings. The maximum absolute atomic E-state index is 6.36. The van der Waals surface area contributed by atoms with Gasteiger partial charge in [0.25, 0.3) is 0 Å². The Labute approximate surface area is 174 Å². The van der Waals surface area contributed by atoms with Gasteiger partial charge in [-0.15, -0.1) is 0 Å². The Kier molecular flexibility index (Phi) is 3.74. The van der Waals surface area contributed by atoms with E-state index in [1.807, 2.05) is 72.8 Å². The van der Waals surface area contributed by atoms with Crippen LogP contribution in [0, 0.1) is 0 Å². The summed E-state index contributed by atoms with van der Waals surface area (Å²) in [6, 6.07) is 32.0. The summed E-state index contributed by atoms with van der Waals surface area (Å²) in [4.78, 5) is 0. The van der Waals surface area contributed by atoms with Crippen LogP contribution in [0.4, 0.5) is 0 Å². The number of hydrogen-bond acceptors (Lipinski definition) is 4. The van der Waals surface area contributed by atoms with Gasteiger partial charge in [-0.05, 0) is 0 Å². The van der Waals surface area contributed by atoms with E-state index in [4.69, 9.17) is 12.3 Å². The van der Waals surface area contributed by atoms with E-state index >= 15 is 0 Å². The quantitative estimate of drug-likeness (QED) is 0.340. The molecular weight excluding hydrogens is 471 g/mol. The van der Waals surface area contributed by atoms with E-state index in [9.17, 15) is 0 Å². The summed E-state index contributed by atoms with van der Waals surface area (Å²) < 4.78 is 25.2. The first-order chi connectivity index (χ1) is 14.3. The van der Waals surface area contributed by atoms with Crippen molar-refractivity contribution in [2.24, 2.45) is 0 Å². The topological polar surface area (TPSA) is 36.9 Å². The molecule has 2 aliphatic heterocycles. The van der Waals surface area contributed by atoms with Gasteiger partial charge in [-0.3, -0.25) is 0 Å². The summed E-state index contributed by atoms with van der Waals surface area (Å²) in [6.45, 7) is 0. The molecular formula is C24H16O4Sn. The standard InChI is InChI=1S/2C12H10O2.Sn/c2*13-11-8-4-7-10(12(11)14)9-5-2-1-3-6-9;/h2*1-8,13-14H;/q;;+4/p-4. The van der Waals surface area contributed by atoms with E-state index in [2.05, 4.69) is 24.3 Å². The van der Waals surface area contributed by atoms with Gasteiger partial charge in [0, 0.05) is 0 Å². The van der Waals surface area contributed by atoms with Crippen molar-refractivity contribution in [1.29, 1.82) is 0 Å². The number of hydrogen-bond donors (Lipinski definition) is 0. The normalized spacial score (nSPS) is 14.9. The molecule has 0 fully saturated rings. The molecule has 6 rings (SSSR count). The summed E-state index contributed by atoms with van der Waals surface area (Å²) in [5.41, 5.74) is 4.08. The van der Waals surface area contributed by atoms with Crippen molar-refractivity contribution in [3.8, 4) is 45.3 Å². The first-order valence-corrected chi connectivity index (χ1v) is 14.1. The van der Waals surface area contributed by atoms with Gasteiger partial charge in [-0.25, -0.2) is 0 Å². The Balaban J connectivity index is 1.39. The molecule has 2 heterocycles. The Bertz CT molecular complexity index is 1110. The average molecular weight is 487 g/mol. The van der Waals surface area contributed by atoms with Gasteiger partial charge in [-0.1, -0.05) is 0 Å². The summed E-state index contributed by atoms with van der Waals surface area (Å²) in [5, 5.41) is 0. The van der Waals surface area contributed by atoms with Crippen LogP contribution in [0.15, 0.2) is 97.1 Å². The molecule has 1 spiro atoms. The second-order valence-electron chi connectivity index (χ2n) is 6.91. The van der Waals surface area contributed by atoms with Crippen LogP contribution in [0.1, 0.15) is 0 Å². The van der Waals surface area contributed by atoms with Crippen LogP contribution in [-0.4, -0.2) is 20.0 Å². The monoisotopic (exact) mass is 488 g/mol. The van der Waals surface area contributed by atoms with Crippen LogP contribution in [0.2, 0.25) is 0 Å². The van der Waals surface area contributed by atoms with Crippen LogP contribution in [0.3, 0.4) is 0 Å². The molecule has 29 heavy (non-hydrogen) atoms. The molecule has 140 valence electrons. The molecule has 0 N–H and O–H groups in total.